The molecule has 2 atom stereocenters. The average molecular weight is 453 g/mol. The van der Waals surface area contributed by atoms with Crippen LogP contribution in [0.4, 0.5) is 4.79 Å². The van der Waals surface area contributed by atoms with E-state index in [1.807, 2.05) is 30.1 Å². The highest BCUT2D eigenvalue weighted by molar-refractivity contribution is 6.42. The van der Waals surface area contributed by atoms with Crippen molar-refractivity contribution in [1.82, 2.24) is 20.0 Å². The number of hydrogen-bond donors (Lipinski definition) is 1. The lowest BCUT2D eigenvalue weighted by molar-refractivity contribution is -0.127. The van der Waals surface area contributed by atoms with Gasteiger partial charge in [-0.05, 0) is 49.9 Å². The van der Waals surface area contributed by atoms with Crippen LogP contribution in [0.1, 0.15) is 37.7 Å². The highest BCUT2D eigenvalue weighted by atomic mass is 35.5. The molecule has 3 fully saturated rings. The van der Waals surface area contributed by atoms with Gasteiger partial charge in [0.25, 0.3) is 0 Å². The first-order valence-corrected chi connectivity index (χ1v) is 11.6. The van der Waals surface area contributed by atoms with Crippen LogP contribution >= 0.6 is 23.2 Å². The molecule has 6 nitrogen and oxygen atoms in total. The van der Waals surface area contributed by atoms with Gasteiger partial charge in [0.05, 0.1) is 10.0 Å². The zero-order valence-electron chi connectivity index (χ0n) is 17.5. The topological polar surface area (TPSA) is 55.9 Å². The highest BCUT2D eigenvalue weighted by Crippen LogP contribution is 2.39. The van der Waals surface area contributed by atoms with Crippen LogP contribution in [0, 0.1) is 5.41 Å². The normalized spacial score (nSPS) is 27.3. The van der Waals surface area contributed by atoms with Crippen LogP contribution in [0.3, 0.4) is 0 Å². The first kappa shape index (κ1) is 21.7. The van der Waals surface area contributed by atoms with Gasteiger partial charge in [0, 0.05) is 57.6 Å². The standard InChI is InChI=1S/C22H30Cl2N4O2/c1-26-17(4-6-20(26)29)12-25-21(30)28-9-2-7-22(15-28)8-10-27(14-22)13-16-3-5-18(23)19(24)11-16/h3,5,11,17H,2,4,6-10,12-15H2,1H3,(H,25,30). The van der Waals surface area contributed by atoms with E-state index in [9.17, 15) is 9.59 Å². The third kappa shape index (κ3) is 4.71. The van der Waals surface area contributed by atoms with Crippen LogP contribution < -0.4 is 5.32 Å². The third-order valence-corrected chi connectivity index (χ3v) is 7.72. The maximum absolute atomic E-state index is 12.8. The Bertz CT molecular complexity index is 820. The van der Waals surface area contributed by atoms with E-state index < -0.39 is 0 Å². The van der Waals surface area contributed by atoms with Gasteiger partial charge in [-0.25, -0.2) is 4.79 Å². The summed E-state index contributed by atoms with van der Waals surface area (Å²) in [7, 11) is 1.82. The van der Waals surface area contributed by atoms with Crippen LogP contribution in [0.25, 0.3) is 0 Å². The molecule has 4 rings (SSSR count). The van der Waals surface area contributed by atoms with E-state index in [2.05, 4.69) is 10.2 Å². The molecule has 1 spiro atoms. The number of hydrogen-bond acceptors (Lipinski definition) is 3. The summed E-state index contributed by atoms with van der Waals surface area (Å²) in [5.74, 6) is 0.166. The van der Waals surface area contributed by atoms with E-state index in [0.29, 0.717) is 23.0 Å². The van der Waals surface area contributed by atoms with E-state index in [0.717, 1.165) is 58.4 Å². The molecule has 30 heavy (non-hydrogen) atoms. The summed E-state index contributed by atoms with van der Waals surface area (Å²) >= 11 is 12.2. The van der Waals surface area contributed by atoms with Gasteiger partial charge < -0.3 is 15.1 Å². The Hall–Kier alpha value is -1.50. The predicted octanol–water partition coefficient (Wildman–Crippen LogP) is 3.61. The number of nitrogens with one attached hydrogen (secondary N) is 1. The van der Waals surface area contributed by atoms with Crippen molar-refractivity contribution >= 4 is 35.1 Å². The number of benzene rings is 1. The zero-order valence-corrected chi connectivity index (χ0v) is 19.0. The average Bonchev–Trinajstić information content (AvgIpc) is 3.26. The lowest BCUT2D eigenvalue weighted by Crippen LogP contribution is -2.52. The summed E-state index contributed by atoms with van der Waals surface area (Å²) in [6, 6.07) is 5.95. The van der Waals surface area contributed by atoms with Crippen molar-refractivity contribution in [3.8, 4) is 0 Å². The Morgan fingerprint density at radius 2 is 2.03 bits per heavy atom. The molecule has 8 heteroatoms. The molecule has 3 aliphatic heterocycles. The zero-order chi connectivity index (χ0) is 21.3. The molecule has 0 radical (unpaired) electrons. The predicted molar refractivity (Wildman–Crippen MR) is 119 cm³/mol. The SMILES string of the molecule is CN1C(=O)CCC1CNC(=O)N1CCCC2(CCN(Cc3ccc(Cl)c(Cl)c3)C2)C1. The number of carbonyl (C=O) groups excluding carboxylic acids is 2. The van der Waals surface area contributed by atoms with Crippen molar-refractivity contribution in [3.63, 3.8) is 0 Å². The van der Waals surface area contributed by atoms with E-state index in [-0.39, 0.29) is 23.4 Å². The second kappa shape index (κ2) is 8.93. The molecule has 3 amide bonds. The van der Waals surface area contributed by atoms with Crippen LogP contribution in [0.15, 0.2) is 18.2 Å². The maximum Gasteiger partial charge on any atom is 0.317 e. The number of likely N-dealkylation sites (tertiary alicyclic amines) is 3. The Kier molecular flexibility index (Phi) is 6.47. The van der Waals surface area contributed by atoms with E-state index >= 15 is 0 Å². The number of piperidine rings is 1. The third-order valence-electron chi connectivity index (χ3n) is 6.98. The van der Waals surface area contributed by atoms with Gasteiger partial charge in [-0.1, -0.05) is 29.3 Å². The number of nitrogens with zero attached hydrogens (tertiary/aromatic N) is 3. The number of amides is 3. The number of halogens is 2. The maximum atomic E-state index is 12.8. The van der Waals surface area contributed by atoms with Crippen LogP contribution in [-0.2, 0) is 11.3 Å². The molecule has 3 aliphatic rings. The molecule has 0 bridgehead atoms. The van der Waals surface area contributed by atoms with Crippen molar-refractivity contribution in [3.05, 3.63) is 33.8 Å². The van der Waals surface area contributed by atoms with Gasteiger partial charge in [0.2, 0.25) is 5.91 Å². The Labute approximate surface area is 188 Å². The molecule has 1 N–H and O–H groups in total. The van der Waals surface area contributed by atoms with Crippen molar-refractivity contribution < 1.29 is 9.59 Å². The Morgan fingerprint density at radius 1 is 1.20 bits per heavy atom. The minimum Gasteiger partial charge on any atom is -0.341 e. The molecule has 2 unspecified atom stereocenters. The van der Waals surface area contributed by atoms with Gasteiger partial charge in [0.15, 0.2) is 0 Å². The lowest BCUT2D eigenvalue weighted by atomic mass is 9.79. The largest absolute Gasteiger partial charge is 0.341 e. The van der Waals surface area contributed by atoms with E-state index in [4.69, 9.17) is 23.2 Å². The van der Waals surface area contributed by atoms with Gasteiger partial charge >= 0.3 is 6.03 Å². The first-order valence-electron chi connectivity index (χ1n) is 10.8. The molecular formula is C22H30Cl2N4O2. The van der Waals surface area contributed by atoms with Crippen molar-refractivity contribution in [1.29, 1.82) is 0 Å². The second-order valence-electron chi connectivity index (χ2n) is 9.12. The van der Waals surface area contributed by atoms with Crippen molar-refractivity contribution in [2.45, 2.75) is 44.7 Å². The molecular weight excluding hydrogens is 423 g/mol. The fraction of sp³-hybridized carbons (Fsp3) is 0.636. The molecule has 0 saturated carbocycles. The summed E-state index contributed by atoms with van der Waals surface area (Å²) in [5, 5.41) is 4.25. The number of rotatable bonds is 4. The number of urea groups is 1. The Balaban J connectivity index is 1.30. The van der Waals surface area contributed by atoms with Crippen molar-refractivity contribution in [2.75, 3.05) is 39.8 Å². The molecule has 1 aromatic rings. The van der Waals surface area contributed by atoms with Crippen LogP contribution in [0.2, 0.25) is 10.0 Å². The number of likely N-dealkylation sites (N-methyl/N-ethyl adjacent to an activating group) is 1. The minimum atomic E-state index is 0.00440. The number of carbonyl (C=O) groups is 2. The van der Waals surface area contributed by atoms with Gasteiger partial charge in [0.1, 0.15) is 0 Å². The lowest BCUT2D eigenvalue weighted by Gasteiger charge is -2.40. The Morgan fingerprint density at radius 3 is 2.77 bits per heavy atom. The summed E-state index contributed by atoms with van der Waals surface area (Å²) in [4.78, 5) is 30.7. The summed E-state index contributed by atoms with van der Waals surface area (Å²) in [5.41, 5.74) is 1.34. The minimum absolute atomic E-state index is 0.00440. The smallest absolute Gasteiger partial charge is 0.317 e. The second-order valence-corrected chi connectivity index (χ2v) is 9.93. The van der Waals surface area contributed by atoms with Crippen LogP contribution in [-0.4, -0.2) is 72.5 Å². The molecule has 3 heterocycles. The fourth-order valence-electron chi connectivity index (χ4n) is 5.19. The van der Waals surface area contributed by atoms with Gasteiger partial charge in [-0.15, -0.1) is 0 Å². The highest BCUT2D eigenvalue weighted by Gasteiger charge is 2.42. The molecule has 164 valence electrons. The fourth-order valence-corrected chi connectivity index (χ4v) is 5.51. The van der Waals surface area contributed by atoms with Crippen LogP contribution in [0.5, 0.6) is 0 Å². The molecule has 0 aliphatic carbocycles. The van der Waals surface area contributed by atoms with Gasteiger partial charge in [-0.2, -0.15) is 0 Å². The summed E-state index contributed by atoms with van der Waals surface area (Å²) in [6.45, 7) is 5.03. The first-order chi connectivity index (χ1) is 14.3. The quantitative estimate of drug-likeness (QED) is 0.758. The summed E-state index contributed by atoms with van der Waals surface area (Å²) in [6.07, 6.45) is 4.71. The molecule has 1 aromatic carbocycles. The van der Waals surface area contributed by atoms with E-state index in [1.165, 1.54) is 5.56 Å². The molecule has 0 aromatic heterocycles. The molecule has 3 saturated heterocycles. The summed E-state index contributed by atoms with van der Waals surface area (Å²) < 4.78 is 0. The van der Waals surface area contributed by atoms with E-state index in [1.54, 1.807) is 4.90 Å². The van der Waals surface area contributed by atoms with Gasteiger partial charge in [-0.3, -0.25) is 9.69 Å². The monoisotopic (exact) mass is 452 g/mol. The van der Waals surface area contributed by atoms with Crippen molar-refractivity contribution in [2.24, 2.45) is 5.41 Å².